The Bertz CT molecular complexity index is 186. The van der Waals surface area contributed by atoms with E-state index >= 15 is 0 Å². The maximum atomic E-state index is 2.51. The van der Waals surface area contributed by atoms with E-state index in [0.717, 1.165) is 0 Å². The van der Waals surface area contributed by atoms with Gasteiger partial charge < -0.3 is 0 Å². The van der Waals surface area contributed by atoms with Crippen molar-refractivity contribution in [2.45, 2.75) is 0 Å². The summed E-state index contributed by atoms with van der Waals surface area (Å²) < 4.78 is 10.0. The summed E-state index contributed by atoms with van der Waals surface area (Å²) in [5, 5.41) is 0. The monoisotopic (exact) mass is 346 g/mol. The summed E-state index contributed by atoms with van der Waals surface area (Å²) in [7, 11) is 0. The topological polar surface area (TPSA) is 0 Å². The molecular weight excluding hydrogens is 340 g/mol. The number of rotatable bonds is 1. The van der Waals surface area contributed by atoms with E-state index in [-0.39, 0.29) is 0 Å². The quantitative estimate of drug-likeness (QED) is 0.630. The molecular formula is C8H8Sb2. The molecule has 0 saturated heterocycles. The minimum absolute atomic E-state index is 0.897. The van der Waals surface area contributed by atoms with Crippen molar-refractivity contribution in [2.24, 2.45) is 0 Å². The average molecular weight is 348 g/mol. The van der Waals surface area contributed by atoms with E-state index in [1.807, 2.05) is 0 Å². The number of allylic oxidation sites excluding steroid dienone is 4. The summed E-state index contributed by atoms with van der Waals surface area (Å²) in [6, 6.07) is 0. The normalized spacial score (nSPS) is 23.6. The van der Waals surface area contributed by atoms with Crippen LogP contribution in [0.5, 0.6) is 0 Å². The van der Waals surface area contributed by atoms with Gasteiger partial charge in [-0.15, -0.1) is 0 Å². The van der Waals surface area contributed by atoms with Crippen molar-refractivity contribution < 1.29 is 0 Å². The Kier molecular flexibility index (Phi) is 2.42. The van der Waals surface area contributed by atoms with Crippen LogP contribution in [0.2, 0.25) is 0 Å². The molecule has 0 amide bonds. The Balaban J connectivity index is 2.12. The molecule has 0 unspecified atom stereocenters. The standard InChI is InChI=1S/2C4H4.2Sb/c2*1-3-4-2;;/h2*1-4H;;. The van der Waals surface area contributed by atoms with Gasteiger partial charge in [0.15, 0.2) is 0 Å². The number of hydrogen-bond donors (Lipinski definition) is 0. The molecule has 0 N–H and O–H groups in total. The third kappa shape index (κ3) is 1.43. The van der Waals surface area contributed by atoms with Crippen LogP contribution in [0.1, 0.15) is 0 Å². The van der Waals surface area contributed by atoms with Crippen molar-refractivity contribution in [1.82, 2.24) is 0 Å². The van der Waals surface area contributed by atoms with Crippen LogP contribution in [0.4, 0.5) is 0 Å². The van der Waals surface area contributed by atoms with Gasteiger partial charge in [0, 0.05) is 0 Å². The summed E-state index contributed by atoms with van der Waals surface area (Å²) in [6.45, 7) is 0. The first-order valence-electron chi connectivity index (χ1n) is 3.23. The van der Waals surface area contributed by atoms with E-state index in [1.54, 1.807) is 0 Å². The molecule has 50 valence electrons. The molecule has 2 rings (SSSR count). The summed E-state index contributed by atoms with van der Waals surface area (Å²) in [6.07, 6.45) is 8.97. The Morgan fingerprint density at radius 1 is 0.500 bits per heavy atom. The van der Waals surface area contributed by atoms with Crippen molar-refractivity contribution in [3.05, 3.63) is 40.4 Å². The summed E-state index contributed by atoms with van der Waals surface area (Å²) in [4.78, 5) is 0. The van der Waals surface area contributed by atoms with Crippen molar-refractivity contribution in [3.8, 4) is 0 Å². The van der Waals surface area contributed by atoms with E-state index in [4.69, 9.17) is 0 Å². The Morgan fingerprint density at radius 3 is 1.10 bits per heavy atom. The van der Waals surface area contributed by atoms with Crippen molar-refractivity contribution in [3.63, 3.8) is 0 Å². The zero-order chi connectivity index (χ0) is 6.81. The fourth-order valence-corrected chi connectivity index (χ4v) is 24.1. The minimum atomic E-state index is -0.897. The second-order valence-corrected chi connectivity index (χ2v) is 27.6. The molecule has 2 aliphatic rings. The second-order valence-electron chi connectivity index (χ2n) is 2.13. The first-order chi connectivity index (χ1) is 4.97. The van der Waals surface area contributed by atoms with E-state index in [2.05, 4.69) is 40.4 Å². The van der Waals surface area contributed by atoms with Crippen LogP contribution in [0, 0.1) is 0 Å². The average Bonchev–Trinajstić information content (AvgIpc) is 2.59. The fourth-order valence-electron chi connectivity index (χ4n) is 0.959. The second kappa shape index (κ2) is 3.33. The van der Waals surface area contributed by atoms with Gasteiger partial charge in [-0.2, -0.15) is 0 Å². The predicted molar refractivity (Wildman–Crippen MR) is 48.1 cm³/mol. The van der Waals surface area contributed by atoms with Crippen molar-refractivity contribution in [2.75, 3.05) is 0 Å². The molecule has 0 aromatic heterocycles. The molecule has 2 heteroatoms. The first-order valence-corrected chi connectivity index (χ1v) is 17.9. The third-order valence-corrected chi connectivity index (χ3v) is 28.8. The Labute approximate surface area is 71.7 Å². The summed E-state index contributed by atoms with van der Waals surface area (Å²) in [5.74, 6) is 0. The van der Waals surface area contributed by atoms with Gasteiger partial charge in [-0.25, -0.2) is 0 Å². The van der Waals surface area contributed by atoms with Gasteiger partial charge in [-0.1, -0.05) is 0 Å². The Morgan fingerprint density at radius 2 is 0.800 bits per heavy atom. The summed E-state index contributed by atoms with van der Waals surface area (Å²) >= 11 is -1.79. The van der Waals surface area contributed by atoms with E-state index in [0.29, 0.717) is 0 Å². The summed E-state index contributed by atoms with van der Waals surface area (Å²) in [5.41, 5.74) is 0. The molecule has 0 aromatic carbocycles. The molecule has 0 bridgehead atoms. The molecule has 0 nitrogen and oxygen atoms in total. The van der Waals surface area contributed by atoms with Gasteiger partial charge in [-0.3, -0.25) is 0 Å². The first kappa shape index (κ1) is 7.26. The van der Waals surface area contributed by atoms with E-state index in [9.17, 15) is 0 Å². The molecule has 10 heavy (non-hydrogen) atoms. The number of hydrogen-bond acceptors (Lipinski definition) is 0. The molecule has 0 radical (unpaired) electrons. The molecule has 0 atom stereocenters. The van der Waals surface area contributed by atoms with Gasteiger partial charge in [0.05, 0.1) is 0 Å². The molecule has 0 aromatic rings. The van der Waals surface area contributed by atoms with Crippen LogP contribution >= 0.6 is 0 Å². The van der Waals surface area contributed by atoms with Gasteiger partial charge >= 0.3 is 72.5 Å². The SMILES string of the molecule is C1=[CH][Sb]([Sb]2[CH]=CC=[CH]2)[CH]=C1. The zero-order valence-electron chi connectivity index (χ0n) is 5.51. The molecule has 0 aliphatic carbocycles. The van der Waals surface area contributed by atoms with Crippen LogP contribution in [0.25, 0.3) is 0 Å². The third-order valence-electron chi connectivity index (χ3n) is 1.44. The van der Waals surface area contributed by atoms with Gasteiger partial charge in [0.25, 0.3) is 0 Å². The fraction of sp³-hybridized carbons (Fsp3) is 0. The molecule has 0 spiro atoms. The van der Waals surface area contributed by atoms with E-state index < -0.39 is 32.1 Å². The Hall–Kier alpha value is 0.596. The van der Waals surface area contributed by atoms with Crippen LogP contribution in [-0.2, 0) is 0 Å². The van der Waals surface area contributed by atoms with Gasteiger partial charge in [-0.05, 0) is 0 Å². The van der Waals surface area contributed by atoms with Crippen LogP contribution < -0.4 is 0 Å². The zero-order valence-corrected chi connectivity index (χ0v) is 10.6. The predicted octanol–water partition coefficient (Wildman–Crippen LogP) is 1.46. The van der Waals surface area contributed by atoms with Gasteiger partial charge in [0.1, 0.15) is 0 Å². The van der Waals surface area contributed by atoms with Crippen molar-refractivity contribution in [1.29, 1.82) is 0 Å². The van der Waals surface area contributed by atoms with Crippen LogP contribution in [0.15, 0.2) is 40.4 Å². The molecule has 0 saturated carbocycles. The van der Waals surface area contributed by atoms with Crippen molar-refractivity contribution >= 4 is 32.1 Å². The van der Waals surface area contributed by atoms with Gasteiger partial charge in [0.2, 0.25) is 0 Å². The van der Waals surface area contributed by atoms with Crippen LogP contribution in [-0.4, -0.2) is 32.1 Å². The molecule has 0 fully saturated rings. The maximum absolute atomic E-state index is 2.51. The molecule has 2 heterocycles. The molecule has 2 aliphatic heterocycles. The van der Waals surface area contributed by atoms with Crippen LogP contribution in [0.3, 0.4) is 0 Å². The van der Waals surface area contributed by atoms with E-state index in [1.165, 1.54) is 0 Å².